The number of nitrogens with two attached hydrogens (primary N) is 1. The zero-order chi connectivity index (χ0) is 24.6. The number of fused-ring (bicyclic) bond motifs is 1. The summed E-state index contributed by atoms with van der Waals surface area (Å²) in [5.41, 5.74) is 11.0. The quantitative estimate of drug-likeness (QED) is 0.511. The van der Waals surface area contributed by atoms with E-state index in [0.717, 1.165) is 42.4 Å². The Balaban J connectivity index is 1.50. The number of carbonyl (C=O) groups excluding carboxylic acids is 1. The van der Waals surface area contributed by atoms with Gasteiger partial charge in [0.1, 0.15) is 6.61 Å². The lowest BCUT2D eigenvalue weighted by atomic mass is 9.93. The summed E-state index contributed by atoms with van der Waals surface area (Å²) in [7, 11) is -1.87. The Morgan fingerprint density at radius 2 is 1.71 bits per heavy atom. The van der Waals surface area contributed by atoms with Gasteiger partial charge in [0.2, 0.25) is 14.3 Å². The number of hydrogen-bond acceptors (Lipinski definition) is 5. The number of hydrogen-bond donors (Lipinski definition) is 1. The summed E-state index contributed by atoms with van der Waals surface area (Å²) in [6, 6.07) is 6.38. The molecular formula is C26H42N4O3Si. The molecule has 0 unspecified atom stereocenters. The van der Waals surface area contributed by atoms with E-state index in [1.807, 2.05) is 12.1 Å². The Kier molecular flexibility index (Phi) is 7.40. The Labute approximate surface area is 205 Å². The molecule has 0 radical (unpaired) electrons. The second kappa shape index (κ2) is 9.99. The molecule has 4 rings (SSSR count). The third kappa shape index (κ3) is 4.52. The maximum absolute atomic E-state index is 12.2. The largest absolute Gasteiger partial charge is 0.413 e. The molecule has 1 aliphatic carbocycles. The molecule has 7 nitrogen and oxygen atoms in total. The number of morpholine rings is 1. The van der Waals surface area contributed by atoms with Crippen molar-refractivity contribution in [2.45, 2.75) is 96.0 Å². The van der Waals surface area contributed by atoms with Crippen LogP contribution >= 0.6 is 0 Å². The van der Waals surface area contributed by atoms with Crippen LogP contribution in [0.4, 0.5) is 11.6 Å². The summed E-state index contributed by atoms with van der Waals surface area (Å²) in [5.74, 6) is 0.542. The zero-order valence-electron chi connectivity index (χ0n) is 21.7. The molecule has 2 fully saturated rings. The van der Waals surface area contributed by atoms with Gasteiger partial charge in [0, 0.05) is 24.4 Å². The van der Waals surface area contributed by atoms with Gasteiger partial charge < -0.3 is 24.4 Å². The lowest BCUT2D eigenvalue weighted by Gasteiger charge is -2.46. The van der Waals surface area contributed by atoms with Crippen molar-refractivity contribution in [3.8, 4) is 0 Å². The monoisotopic (exact) mass is 486 g/mol. The van der Waals surface area contributed by atoms with E-state index in [4.69, 9.17) is 14.9 Å². The molecule has 34 heavy (non-hydrogen) atoms. The topological polar surface area (TPSA) is 82.6 Å². The van der Waals surface area contributed by atoms with E-state index < -0.39 is 8.32 Å². The molecule has 0 bridgehead atoms. The lowest BCUT2D eigenvalue weighted by Crippen LogP contribution is -2.50. The first-order chi connectivity index (χ1) is 16.1. The Morgan fingerprint density at radius 1 is 1.06 bits per heavy atom. The molecule has 1 saturated heterocycles. The molecule has 1 amide bonds. The molecule has 188 valence electrons. The van der Waals surface area contributed by atoms with Crippen molar-refractivity contribution < 1.29 is 14.0 Å². The molecule has 1 aromatic carbocycles. The van der Waals surface area contributed by atoms with E-state index in [0.29, 0.717) is 47.9 Å². The minimum Gasteiger partial charge on any atom is -0.413 e. The Bertz CT molecular complexity index is 989. The van der Waals surface area contributed by atoms with E-state index in [1.54, 1.807) is 4.90 Å². The van der Waals surface area contributed by atoms with Crippen LogP contribution in [0.2, 0.25) is 16.6 Å². The van der Waals surface area contributed by atoms with Crippen molar-refractivity contribution in [2.75, 3.05) is 30.4 Å². The minimum atomic E-state index is -1.87. The van der Waals surface area contributed by atoms with Gasteiger partial charge in [-0.2, -0.15) is 0 Å². The average molecular weight is 487 g/mol. The van der Waals surface area contributed by atoms with Crippen molar-refractivity contribution in [1.29, 1.82) is 0 Å². The number of benzene rings is 1. The number of imidazole rings is 1. The summed E-state index contributed by atoms with van der Waals surface area (Å²) in [5, 5.41) is 0. The highest BCUT2D eigenvalue weighted by Gasteiger charge is 2.47. The molecule has 2 aliphatic rings. The Morgan fingerprint density at radius 3 is 2.29 bits per heavy atom. The third-order valence-corrected chi connectivity index (χ3v) is 14.2. The van der Waals surface area contributed by atoms with Crippen molar-refractivity contribution in [3.63, 3.8) is 0 Å². The zero-order valence-corrected chi connectivity index (χ0v) is 22.7. The fourth-order valence-corrected chi connectivity index (χ4v) is 12.2. The molecule has 0 spiro atoms. The molecule has 8 heteroatoms. The number of rotatable bonds is 7. The first-order valence-electron chi connectivity index (χ1n) is 13.0. The van der Waals surface area contributed by atoms with E-state index in [9.17, 15) is 4.79 Å². The van der Waals surface area contributed by atoms with Crippen molar-refractivity contribution in [1.82, 2.24) is 9.55 Å². The standard InChI is InChI=1S/C26H42N4O3Si/c1-17(2)34(18(3)4,19(5)6)33-22-10-7-20(8-11-22)30-24-12-9-21(15-23(24)28-26(30)27)29-13-14-32-16-25(29)31/h9,12,15,17-20,22H,7-8,10-11,13-14,16H2,1-6H3,(H2,27,28)/t20-,22-. The number of nitrogen functional groups attached to an aromatic ring is 1. The molecular weight excluding hydrogens is 444 g/mol. The lowest BCUT2D eigenvalue weighted by molar-refractivity contribution is -0.125. The van der Waals surface area contributed by atoms with Gasteiger partial charge in [-0.05, 0) is 60.5 Å². The Hall–Kier alpha value is -1.90. The number of carbonyl (C=O) groups is 1. The number of ether oxygens (including phenoxy) is 1. The molecule has 1 aromatic heterocycles. The second-order valence-electron chi connectivity index (χ2n) is 11.0. The molecule has 1 saturated carbocycles. The molecule has 0 atom stereocenters. The van der Waals surface area contributed by atoms with Crippen LogP contribution in [-0.4, -0.2) is 49.6 Å². The SMILES string of the molecule is CC(C)[Si](O[C@H]1CC[C@H](n2c(N)nc3cc(N4CCOCC4=O)ccc32)CC1)(C(C)C)C(C)C. The van der Waals surface area contributed by atoms with Gasteiger partial charge in [-0.25, -0.2) is 4.98 Å². The number of amides is 1. The first-order valence-corrected chi connectivity index (χ1v) is 15.1. The number of nitrogens with zero attached hydrogens (tertiary/aromatic N) is 3. The molecule has 2 N–H and O–H groups in total. The van der Waals surface area contributed by atoms with Crippen molar-refractivity contribution in [3.05, 3.63) is 18.2 Å². The highest BCUT2D eigenvalue weighted by Crippen LogP contribution is 2.45. The van der Waals surface area contributed by atoms with Crippen LogP contribution in [0.5, 0.6) is 0 Å². The average Bonchev–Trinajstić information content (AvgIpc) is 3.12. The van der Waals surface area contributed by atoms with Gasteiger partial charge >= 0.3 is 0 Å². The van der Waals surface area contributed by atoms with Gasteiger partial charge in [-0.3, -0.25) is 4.79 Å². The van der Waals surface area contributed by atoms with Crippen molar-refractivity contribution >= 4 is 36.9 Å². The van der Waals surface area contributed by atoms with Gasteiger partial charge in [0.25, 0.3) is 5.91 Å². The van der Waals surface area contributed by atoms with Gasteiger partial charge in [0.05, 0.1) is 17.6 Å². The molecule has 1 aliphatic heterocycles. The fraction of sp³-hybridized carbons (Fsp3) is 0.692. The normalized spacial score (nSPS) is 22.5. The minimum absolute atomic E-state index is 0.0138. The van der Waals surface area contributed by atoms with Crippen LogP contribution in [0.3, 0.4) is 0 Å². The summed E-state index contributed by atoms with van der Waals surface area (Å²) < 4.78 is 14.5. The summed E-state index contributed by atoms with van der Waals surface area (Å²) in [6.45, 7) is 15.4. The first kappa shape index (κ1) is 25.2. The van der Waals surface area contributed by atoms with E-state index in [1.165, 1.54) is 0 Å². The van der Waals surface area contributed by atoms with Gasteiger partial charge in [-0.1, -0.05) is 41.5 Å². The van der Waals surface area contributed by atoms with Gasteiger partial charge in [-0.15, -0.1) is 0 Å². The molecule has 2 aromatic rings. The predicted octanol–water partition coefficient (Wildman–Crippen LogP) is 5.66. The number of aromatic nitrogens is 2. The summed E-state index contributed by atoms with van der Waals surface area (Å²) >= 11 is 0. The number of anilines is 2. The molecule has 2 heterocycles. The summed E-state index contributed by atoms with van der Waals surface area (Å²) in [6.07, 6.45) is 4.55. The van der Waals surface area contributed by atoms with Crippen molar-refractivity contribution in [2.24, 2.45) is 0 Å². The highest BCUT2D eigenvalue weighted by molar-refractivity contribution is 6.77. The second-order valence-corrected chi connectivity index (χ2v) is 16.4. The smallest absolute Gasteiger partial charge is 0.253 e. The highest BCUT2D eigenvalue weighted by atomic mass is 28.4. The third-order valence-electron chi connectivity index (χ3n) is 8.08. The van der Waals surface area contributed by atoms with E-state index in [2.05, 4.69) is 57.2 Å². The maximum Gasteiger partial charge on any atom is 0.253 e. The van der Waals surface area contributed by atoms with Crippen LogP contribution in [0.15, 0.2) is 18.2 Å². The summed E-state index contributed by atoms with van der Waals surface area (Å²) in [4.78, 5) is 18.7. The van der Waals surface area contributed by atoms with Crippen LogP contribution in [-0.2, 0) is 14.0 Å². The van der Waals surface area contributed by atoms with Crippen LogP contribution < -0.4 is 10.6 Å². The fourth-order valence-electron chi connectivity index (χ4n) is 6.57. The van der Waals surface area contributed by atoms with Crippen LogP contribution in [0.1, 0.15) is 73.3 Å². The predicted molar refractivity (Wildman–Crippen MR) is 141 cm³/mol. The van der Waals surface area contributed by atoms with Crippen LogP contribution in [0, 0.1) is 0 Å². The maximum atomic E-state index is 12.2. The van der Waals surface area contributed by atoms with E-state index in [-0.39, 0.29) is 12.5 Å². The van der Waals surface area contributed by atoms with Crippen LogP contribution in [0.25, 0.3) is 11.0 Å². The van der Waals surface area contributed by atoms with Gasteiger partial charge in [0.15, 0.2) is 0 Å². The van der Waals surface area contributed by atoms with E-state index >= 15 is 0 Å².